The highest BCUT2D eigenvalue weighted by atomic mass is 16.5. The Morgan fingerprint density at radius 1 is 1.05 bits per heavy atom. The molecule has 1 aromatic heterocycles. The third-order valence-electron chi connectivity index (χ3n) is 2.33. The minimum absolute atomic E-state index is 0.132. The molecule has 2 rings (SSSR count). The van der Waals surface area contributed by atoms with Crippen LogP contribution in [0.25, 0.3) is 0 Å². The molecule has 0 fully saturated rings. The zero-order chi connectivity index (χ0) is 13.5. The molecule has 1 aromatic carbocycles. The van der Waals surface area contributed by atoms with Crippen molar-refractivity contribution in [1.82, 2.24) is 4.98 Å². The fraction of sp³-hybridized carbons (Fsp3) is 0.143. The number of aromatic carboxylic acids is 1. The van der Waals surface area contributed by atoms with Gasteiger partial charge in [0.2, 0.25) is 5.88 Å². The van der Waals surface area contributed by atoms with E-state index in [2.05, 4.69) is 4.98 Å². The molecule has 0 aliphatic carbocycles. The maximum absolute atomic E-state index is 10.6. The molecule has 0 radical (unpaired) electrons. The van der Waals surface area contributed by atoms with Crippen LogP contribution in [-0.4, -0.2) is 29.3 Å². The van der Waals surface area contributed by atoms with Crippen molar-refractivity contribution in [3.8, 4) is 11.6 Å². The summed E-state index contributed by atoms with van der Waals surface area (Å²) in [6.45, 7) is 0.737. The Hall–Kier alpha value is -2.56. The van der Waals surface area contributed by atoms with E-state index in [0.29, 0.717) is 19.1 Å². The molecule has 19 heavy (non-hydrogen) atoms. The molecule has 0 atom stereocenters. The number of benzene rings is 1. The predicted molar refractivity (Wildman–Crippen MR) is 68.6 cm³/mol. The van der Waals surface area contributed by atoms with Gasteiger partial charge in [0, 0.05) is 12.3 Å². The molecule has 0 amide bonds. The smallest absolute Gasteiger partial charge is 0.337 e. The molecule has 5 heteroatoms. The number of carbonyl (C=O) groups is 1. The standard InChI is InChI=1S/C14H13NO4/c16-14(17)11-6-7-13(15-10-11)19-9-8-18-12-4-2-1-3-5-12/h1-7,10H,8-9H2,(H,16,17). The van der Waals surface area contributed by atoms with Gasteiger partial charge in [0.1, 0.15) is 19.0 Å². The number of carboxylic acids is 1. The maximum atomic E-state index is 10.6. The largest absolute Gasteiger partial charge is 0.490 e. The van der Waals surface area contributed by atoms with Gasteiger partial charge in [-0.3, -0.25) is 0 Å². The summed E-state index contributed by atoms with van der Waals surface area (Å²) < 4.78 is 10.8. The summed E-state index contributed by atoms with van der Waals surface area (Å²) >= 11 is 0. The van der Waals surface area contributed by atoms with Crippen molar-refractivity contribution < 1.29 is 19.4 Å². The zero-order valence-electron chi connectivity index (χ0n) is 10.2. The Morgan fingerprint density at radius 2 is 1.79 bits per heavy atom. The summed E-state index contributed by atoms with van der Waals surface area (Å²) in [7, 11) is 0. The Labute approximate surface area is 110 Å². The van der Waals surface area contributed by atoms with E-state index in [9.17, 15) is 4.79 Å². The van der Waals surface area contributed by atoms with Gasteiger partial charge < -0.3 is 14.6 Å². The highest BCUT2D eigenvalue weighted by Crippen LogP contribution is 2.09. The lowest BCUT2D eigenvalue weighted by atomic mass is 10.3. The molecule has 0 aliphatic heterocycles. The van der Waals surface area contributed by atoms with Crippen LogP contribution < -0.4 is 9.47 Å². The number of nitrogens with zero attached hydrogens (tertiary/aromatic N) is 1. The van der Waals surface area contributed by atoms with Gasteiger partial charge in [0.05, 0.1) is 5.56 Å². The molecule has 0 unspecified atom stereocenters. The summed E-state index contributed by atoms with van der Waals surface area (Å²) in [6, 6.07) is 12.4. The first-order valence-electron chi connectivity index (χ1n) is 5.76. The maximum Gasteiger partial charge on any atom is 0.337 e. The van der Waals surface area contributed by atoms with E-state index < -0.39 is 5.97 Å². The fourth-order valence-corrected chi connectivity index (χ4v) is 1.41. The number of aromatic nitrogens is 1. The van der Waals surface area contributed by atoms with Gasteiger partial charge in [-0.2, -0.15) is 0 Å². The van der Waals surface area contributed by atoms with E-state index >= 15 is 0 Å². The zero-order valence-corrected chi connectivity index (χ0v) is 10.2. The number of ether oxygens (including phenoxy) is 2. The fourth-order valence-electron chi connectivity index (χ4n) is 1.41. The minimum Gasteiger partial charge on any atom is -0.490 e. The lowest BCUT2D eigenvalue weighted by Crippen LogP contribution is -2.09. The van der Waals surface area contributed by atoms with Gasteiger partial charge in [0.25, 0.3) is 0 Å². The van der Waals surface area contributed by atoms with Crippen molar-refractivity contribution in [2.75, 3.05) is 13.2 Å². The van der Waals surface area contributed by atoms with Crippen LogP contribution in [0.15, 0.2) is 48.7 Å². The van der Waals surface area contributed by atoms with Crippen molar-refractivity contribution in [3.05, 3.63) is 54.2 Å². The number of hydrogen-bond donors (Lipinski definition) is 1. The normalized spacial score (nSPS) is 9.89. The van der Waals surface area contributed by atoms with E-state index in [1.807, 2.05) is 30.3 Å². The molecular formula is C14H13NO4. The Bertz CT molecular complexity index is 525. The van der Waals surface area contributed by atoms with Crippen LogP contribution in [0.2, 0.25) is 0 Å². The lowest BCUT2D eigenvalue weighted by Gasteiger charge is -2.07. The topological polar surface area (TPSA) is 68.7 Å². The highest BCUT2D eigenvalue weighted by molar-refractivity contribution is 5.87. The third kappa shape index (κ3) is 3.99. The Morgan fingerprint density at radius 3 is 2.42 bits per heavy atom. The molecule has 1 N–H and O–H groups in total. The molecular weight excluding hydrogens is 246 g/mol. The van der Waals surface area contributed by atoms with Crippen molar-refractivity contribution in [3.63, 3.8) is 0 Å². The van der Waals surface area contributed by atoms with Crippen LogP contribution in [0.1, 0.15) is 10.4 Å². The second kappa shape index (κ2) is 6.39. The molecule has 1 heterocycles. The first kappa shape index (κ1) is 12.9. The van der Waals surface area contributed by atoms with Crippen LogP contribution in [0.3, 0.4) is 0 Å². The van der Waals surface area contributed by atoms with Crippen LogP contribution in [0.4, 0.5) is 0 Å². The van der Waals surface area contributed by atoms with Gasteiger partial charge in [-0.15, -0.1) is 0 Å². The second-order valence-corrected chi connectivity index (χ2v) is 3.70. The van der Waals surface area contributed by atoms with Crippen molar-refractivity contribution in [1.29, 1.82) is 0 Å². The number of pyridine rings is 1. The highest BCUT2D eigenvalue weighted by Gasteiger charge is 2.03. The predicted octanol–water partition coefficient (Wildman–Crippen LogP) is 2.24. The number of para-hydroxylation sites is 1. The van der Waals surface area contributed by atoms with E-state index in [1.165, 1.54) is 18.3 Å². The van der Waals surface area contributed by atoms with Crippen LogP contribution in [0, 0.1) is 0 Å². The summed E-state index contributed by atoms with van der Waals surface area (Å²) in [6.07, 6.45) is 1.26. The number of carboxylic acid groups (broad SMARTS) is 1. The molecule has 0 spiro atoms. The number of rotatable bonds is 6. The molecule has 0 bridgehead atoms. The monoisotopic (exact) mass is 259 g/mol. The quantitative estimate of drug-likeness (QED) is 0.806. The minimum atomic E-state index is -1.01. The lowest BCUT2D eigenvalue weighted by molar-refractivity contribution is 0.0696. The second-order valence-electron chi connectivity index (χ2n) is 3.70. The van der Waals surface area contributed by atoms with Crippen molar-refractivity contribution >= 4 is 5.97 Å². The third-order valence-corrected chi connectivity index (χ3v) is 2.33. The molecule has 0 saturated carbocycles. The van der Waals surface area contributed by atoms with Crippen LogP contribution in [0.5, 0.6) is 11.6 Å². The molecule has 98 valence electrons. The number of hydrogen-bond acceptors (Lipinski definition) is 4. The molecule has 0 aliphatic rings. The van der Waals surface area contributed by atoms with Crippen molar-refractivity contribution in [2.24, 2.45) is 0 Å². The van der Waals surface area contributed by atoms with E-state index in [1.54, 1.807) is 0 Å². The van der Waals surface area contributed by atoms with Gasteiger partial charge in [-0.1, -0.05) is 18.2 Å². The first-order valence-corrected chi connectivity index (χ1v) is 5.76. The van der Waals surface area contributed by atoms with E-state index in [0.717, 1.165) is 5.75 Å². The van der Waals surface area contributed by atoms with E-state index in [4.69, 9.17) is 14.6 Å². The molecule has 2 aromatic rings. The summed E-state index contributed by atoms with van der Waals surface area (Å²) in [5.74, 6) is 0.147. The first-order chi connectivity index (χ1) is 9.25. The summed E-state index contributed by atoms with van der Waals surface area (Å²) in [5.41, 5.74) is 0.132. The molecule has 0 saturated heterocycles. The Balaban J connectivity index is 1.75. The summed E-state index contributed by atoms with van der Waals surface area (Å²) in [4.78, 5) is 14.5. The Kier molecular flexibility index (Phi) is 4.34. The average molecular weight is 259 g/mol. The summed E-state index contributed by atoms with van der Waals surface area (Å²) in [5, 5.41) is 8.72. The SMILES string of the molecule is O=C(O)c1ccc(OCCOc2ccccc2)nc1. The van der Waals surface area contributed by atoms with Gasteiger partial charge in [-0.05, 0) is 18.2 Å². The van der Waals surface area contributed by atoms with Crippen LogP contribution in [-0.2, 0) is 0 Å². The van der Waals surface area contributed by atoms with Crippen LogP contribution >= 0.6 is 0 Å². The van der Waals surface area contributed by atoms with Crippen molar-refractivity contribution in [2.45, 2.75) is 0 Å². The molecule has 5 nitrogen and oxygen atoms in total. The van der Waals surface area contributed by atoms with Gasteiger partial charge >= 0.3 is 5.97 Å². The van der Waals surface area contributed by atoms with Gasteiger partial charge in [-0.25, -0.2) is 9.78 Å². The van der Waals surface area contributed by atoms with E-state index in [-0.39, 0.29) is 5.56 Å². The average Bonchev–Trinajstić information content (AvgIpc) is 2.45. The van der Waals surface area contributed by atoms with Gasteiger partial charge in [0.15, 0.2) is 0 Å².